The number of carbonyl (C=O) groups is 1. The molecule has 1 aliphatic heterocycles. The average molecular weight is 440 g/mol. The van der Waals surface area contributed by atoms with E-state index in [9.17, 15) is 9.59 Å². The first-order valence-electron chi connectivity index (χ1n) is 11.2. The van der Waals surface area contributed by atoms with Gasteiger partial charge in [-0.1, -0.05) is 48.5 Å². The van der Waals surface area contributed by atoms with Crippen LogP contribution < -0.4 is 10.2 Å². The molecular weight excluding hydrogens is 414 g/mol. The van der Waals surface area contributed by atoms with E-state index in [4.69, 9.17) is 9.15 Å². The first kappa shape index (κ1) is 21.0. The highest BCUT2D eigenvalue weighted by Crippen LogP contribution is 2.38. The van der Waals surface area contributed by atoms with Gasteiger partial charge in [-0.25, -0.2) is 0 Å². The molecule has 0 spiro atoms. The minimum absolute atomic E-state index is 0.144. The van der Waals surface area contributed by atoms with E-state index in [2.05, 4.69) is 0 Å². The zero-order chi connectivity index (χ0) is 22.9. The third kappa shape index (κ3) is 3.80. The maximum Gasteiger partial charge on any atom is 0.290 e. The van der Waals surface area contributed by atoms with Gasteiger partial charge in [0.1, 0.15) is 11.3 Å². The summed E-state index contributed by atoms with van der Waals surface area (Å²) >= 11 is 0. The predicted octanol–water partition coefficient (Wildman–Crippen LogP) is 5.29. The van der Waals surface area contributed by atoms with Gasteiger partial charge in [0.05, 0.1) is 23.6 Å². The van der Waals surface area contributed by atoms with Crippen LogP contribution in [0, 0.1) is 6.92 Å². The zero-order valence-electron chi connectivity index (χ0n) is 18.7. The summed E-state index contributed by atoms with van der Waals surface area (Å²) < 4.78 is 11.6. The van der Waals surface area contributed by atoms with Gasteiger partial charge < -0.3 is 14.1 Å². The van der Waals surface area contributed by atoms with Gasteiger partial charge in [-0.15, -0.1) is 0 Å². The zero-order valence-corrected chi connectivity index (χ0v) is 18.7. The van der Waals surface area contributed by atoms with Crippen LogP contribution in [0.15, 0.2) is 82.0 Å². The molecule has 3 aromatic carbocycles. The molecule has 5 rings (SSSR count). The Morgan fingerprint density at radius 3 is 2.45 bits per heavy atom. The van der Waals surface area contributed by atoms with E-state index in [1.807, 2.05) is 80.6 Å². The fourth-order valence-corrected chi connectivity index (χ4v) is 4.51. The Morgan fingerprint density at radius 2 is 1.73 bits per heavy atom. The summed E-state index contributed by atoms with van der Waals surface area (Å²) in [6, 6.07) is 22.6. The smallest absolute Gasteiger partial charge is 0.290 e. The summed E-state index contributed by atoms with van der Waals surface area (Å²) in [7, 11) is 0. The van der Waals surface area contributed by atoms with Crippen LogP contribution in [-0.2, 0) is 6.42 Å². The van der Waals surface area contributed by atoms with Crippen molar-refractivity contribution in [1.82, 2.24) is 4.90 Å². The van der Waals surface area contributed by atoms with Gasteiger partial charge in [-0.3, -0.25) is 9.59 Å². The van der Waals surface area contributed by atoms with Crippen molar-refractivity contribution in [3.05, 3.63) is 111 Å². The number of carbonyl (C=O) groups excluding carboxylic acids is 1. The van der Waals surface area contributed by atoms with Gasteiger partial charge >= 0.3 is 0 Å². The molecule has 1 aromatic heterocycles. The van der Waals surface area contributed by atoms with E-state index in [0.29, 0.717) is 36.1 Å². The van der Waals surface area contributed by atoms with Crippen LogP contribution in [0.25, 0.3) is 11.0 Å². The van der Waals surface area contributed by atoms with E-state index in [1.165, 1.54) is 0 Å². The lowest BCUT2D eigenvalue weighted by molar-refractivity contribution is 0.0730. The molecule has 5 nitrogen and oxygen atoms in total. The van der Waals surface area contributed by atoms with Crippen LogP contribution in [-0.4, -0.2) is 24.0 Å². The van der Waals surface area contributed by atoms with Crippen molar-refractivity contribution in [2.75, 3.05) is 13.2 Å². The monoisotopic (exact) mass is 439 g/mol. The van der Waals surface area contributed by atoms with Crippen molar-refractivity contribution in [1.29, 1.82) is 0 Å². The quantitative estimate of drug-likeness (QED) is 0.410. The van der Waals surface area contributed by atoms with Gasteiger partial charge in [0.25, 0.3) is 5.91 Å². The van der Waals surface area contributed by atoms with E-state index >= 15 is 0 Å². The fourth-order valence-electron chi connectivity index (χ4n) is 4.51. The number of hydrogen-bond donors (Lipinski definition) is 0. The van der Waals surface area contributed by atoms with Gasteiger partial charge in [0, 0.05) is 6.54 Å². The molecule has 1 atom stereocenters. The van der Waals surface area contributed by atoms with Crippen molar-refractivity contribution in [2.45, 2.75) is 26.3 Å². The molecule has 1 aliphatic rings. The normalized spacial score (nSPS) is 15.2. The van der Waals surface area contributed by atoms with E-state index in [1.54, 1.807) is 11.0 Å². The van der Waals surface area contributed by atoms with Crippen LogP contribution in [0.2, 0.25) is 0 Å². The second-order valence-corrected chi connectivity index (χ2v) is 8.31. The van der Waals surface area contributed by atoms with Crippen molar-refractivity contribution in [3.63, 3.8) is 0 Å². The Balaban J connectivity index is 1.62. The van der Waals surface area contributed by atoms with Gasteiger partial charge in [0.15, 0.2) is 5.43 Å². The summed E-state index contributed by atoms with van der Waals surface area (Å²) in [5.41, 5.74) is 3.67. The average Bonchev–Trinajstić information content (AvgIpc) is 3.11. The van der Waals surface area contributed by atoms with Gasteiger partial charge in [-0.05, 0) is 61.2 Å². The molecule has 0 saturated carbocycles. The Morgan fingerprint density at radius 1 is 0.970 bits per heavy atom. The first-order chi connectivity index (χ1) is 16.1. The number of fused-ring (bicyclic) bond motifs is 2. The molecule has 0 aliphatic carbocycles. The number of benzene rings is 3. The largest absolute Gasteiger partial charge is 0.494 e. The number of ether oxygens (including phenoxy) is 1. The third-order valence-electron chi connectivity index (χ3n) is 6.11. The minimum atomic E-state index is -0.506. The van der Waals surface area contributed by atoms with E-state index < -0.39 is 6.04 Å². The molecule has 2 heterocycles. The number of nitrogens with zero attached hydrogens (tertiary/aromatic N) is 1. The second-order valence-electron chi connectivity index (χ2n) is 8.31. The molecule has 0 bridgehead atoms. The number of rotatable bonds is 6. The summed E-state index contributed by atoms with van der Waals surface area (Å²) in [6.07, 6.45) is 0.681. The summed E-state index contributed by atoms with van der Waals surface area (Å²) in [5.74, 6) is 0.646. The van der Waals surface area contributed by atoms with Crippen molar-refractivity contribution in [2.24, 2.45) is 0 Å². The summed E-state index contributed by atoms with van der Waals surface area (Å²) in [5, 5.41) is 0.494. The molecule has 1 amide bonds. The van der Waals surface area contributed by atoms with E-state index in [0.717, 1.165) is 22.4 Å². The van der Waals surface area contributed by atoms with Crippen LogP contribution in [0.4, 0.5) is 0 Å². The number of aryl methyl sites for hydroxylation is 1. The van der Waals surface area contributed by atoms with Crippen LogP contribution in [0.3, 0.4) is 0 Å². The Kier molecular flexibility index (Phi) is 5.47. The molecule has 0 radical (unpaired) electrons. The van der Waals surface area contributed by atoms with Crippen molar-refractivity contribution >= 4 is 16.9 Å². The van der Waals surface area contributed by atoms with Gasteiger partial charge in [-0.2, -0.15) is 0 Å². The highest BCUT2D eigenvalue weighted by molar-refractivity contribution is 5.99. The molecular formula is C28H25NO4. The molecule has 0 N–H and O–H groups in total. The lowest BCUT2D eigenvalue weighted by Crippen LogP contribution is -2.31. The van der Waals surface area contributed by atoms with Crippen LogP contribution in [0.1, 0.15) is 45.8 Å². The molecule has 0 saturated heterocycles. The topological polar surface area (TPSA) is 59.8 Å². The standard InChI is InChI=1S/C28H25NO4/c1-3-32-21-12-10-20(11-13-21)25-24-26(30)22-14-9-18(2)17-23(22)33-27(24)28(31)29(25)16-15-19-7-5-4-6-8-19/h4-14,17,25H,3,15-16H2,1-2H3/t25-/m1/s1. The van der Waals surface area contributed by atoms with Crippen LogP contribution >= 0.6 is 0 Å². The Labute approximate surface area is 192 Å². The lowest BCUT2D eigenvalue weighted by atomic mass is 9.98. The van der Waals surface area contributed by atoms with Crippen LogP contribution in [0.5, 0.6) is 5.75 Å². The number of hydrogen-bond acceptors (Lipinski definition) is 4. The fraction of sp³-hybridized carbons (Fsp3) is 0.214. The Hall–Kier alpha value is -3.86. The molecule has 0 unspecified atom stereocenters. The molecule has 5 heteroatoms. The third-order valence-corrected chi connectivity index (χ3v) is 6.11. The van der Waals surface area contributed by atoms with Crippen molar-refractivity contribution < 1.29 is 13.9 Å². The van der Waals surface area contributed by atoms with Gasteiger partial charge in [0.2, 0.25) is 5.76 Å². The number of amides is 1. The summed E-state index contributed by atoms with van der Waals surface area (Å²) in [4.78, 5) is 28.9. The Bertz CT molecular complexity index is 1370. The van der Waals surface area contributed by atoms with Crippen molar-refractivity contribution in [3.8, 4) is 5.75 Å². The molecule has 33 heavy (non-hydrogen) atoms. The minimum Gasteiger partial charge on any atom is -0.494 e. The lowest BCUT2D eigenvalue weighted by Gasteiger charge is -2.25. The maximum absolute atomic E-state index is 13.6. The molecule has 166 valence electrons. The van der Waals surface area contributed by atoms with E-state index in [-0.39, 0.29) is 17.1 Å². The second kappa shape index (κ2) is 8.58. The first-order valence-corrected chi connectivity index (χ1v) is 11.2. The molecule has 4 aromatic rings. The highest BCUT2D eigenvalue weighted by atomic mass is 16.5. The highest BCUT2D eigenvalue weighted by Gasteiger charge is 2.42. The predicted molar refractivity (Wildman–Crippen MR) is 128 cm³/mol. The molecule has 0 fully saturated rings. The summed E-state index contributed by atoms with van der Waals surface area (Å²) in [6.45, 7) is 4.91. The maximum atomic E-state index is 13.6. The SMILES string of the molecule is CCOc1ccc([C@@H]2c3c(oc4cc(C)ccc4c3=O)C(=O)N2CCc2ccccc2)cc1.